The first-order valence-electron chi connectivity index (χ1n) is 8.18. The average Bonchev–Trinajstić information content (AvgIpc) is 2.91. The molecule has 0 fully saturated rings. The van der Waals surface area contributed by atoms with Crippen LogP contribution in [-0.2, 0) is 11.3 Å². The molecule has 1 aromatic heterocycles. The average molecular weight is 403 g/mol. The molecule has 0 radical (unpaired) electrons. The van der Waals surface area contributed by atoms with E-state index in [1.54, 1.807) is 10.6 Å². The Bertz CT molecular complexity index is 945. The fraction of sp³-hybridized carbons (Fsp3) is 0.263. The first-order valence-corrected chi connectivity index (χ1v) is 8.97. The van der Waals surface area contributed by atoms with Crippen molar-refractivity contribution in [3.05, 3.63) is 69.1 Å². The van der Waals surface area contributed by atoms with E-state index in [2.05, 4.69) is 21.2 Å². The van der Waals surface area contributed by atoms with Gasteiger partial charge in [-0.1, -0.05) is 46.3 Å². The topological polar surface area (TPSA) is 64.2 Å². The van der Waals surface area contributed by atoms with E-state index in [1.165, 1.54) is 0 Å². The number of amides is 1. The summed E-state index contributed by atoms with van der Waals surface area (Å²) < 4.78 is 7.73. The number of carbonyl (C=O) groups is 1. The number of nitrogens with one attached hydrogen (secondary N) is 1. The zero-order valence-corrected chi connectivity index (χ0v) is 15.5. The van der Waals surface area contributed by atoms with E-state index in [9.17, 15) is 9.59 Å². The lowest BCUT2D eigenvalue weighted by Gasteiger charge is -2.15. The third-order valence-corrected chi connectivity index (χ3v) is 4.83. The smallest absolute Gasteiger partial charge is 0.408 e. The molecule has 5 nitrogen and oxygen atoms in total. The second-order valence-corrected chi connectivity index (χ2v) is 6.76. The molecular weight excluding hydrogens is 384 g/mol. The van der Waals surface area contributed by atoms with Gasteiger partial charge in [-0.25, -0.2) is 4.79 Å². The quantitative estimate of drug-likeness (QED) is 0.677. The van der Waals surface area contributed by atoms with E-state index in [0.717, 1.165) is 15.6 Å². The second-order valence-electron chi connectivity index (χ2n) is 5.90. The van der Waals surface area contributed by atoms with Gasteiger partial charge in [0.15, 0.2) is 5.58 Å². The third-order valence-electron chi connectivity index (χ3n) is 4.11. The van der Waals surface area contributed by atoms with Crippen molar-refractivity contribution in [1.29, 1.82) is 0 Å². The Morgan fingerprint density at radius 1 is 1.20 bits per heavy atom. The van der Waals surface area contributed by atoms with Crippen LogP contribution in [0.15, 0.2) is 62.2 Å². The molecule has 0 bridgehead atoms. The Morgan fingerprint density at radius 2 is 1.92 bits per heavy atom. The lowest BCUT2D eigenvalue weighted by atomic mass is 10.1. The summed E-state index contributed by atoms with van der Waals surface area (Å²) in [5, 5.41) is 2.99. The lowest BCUT2D eigenvalue weighted by Crippen LogP contribution is -2.27. The maximum Gasteiger partial charge on any atom is 0.419 e. The van der Waals surface area contributed by atoms with Crippen LogP contribution in [0.2, 0.25) is 0 Å². The summed E-state index contributed by atoms with van der Waals surface area (Å²) in [5.41, 5.74) is 2.36. The number of carbonyl (C=O) groups excluding carboxylic acids is 1. The third kappa shape index (κ3) is 4.02. The lowest BCUT2D eigenvalue weighted by molar-refractivity contribution is -0.121. The first-order chi connectivity index (χ1) is 12.1. The molecule has 0 saturated carbocycles. The van der Waals surface area contributed by atoms with Crippen LogP contribution >= 0.6 is 15.9 Å². The summed E-state index contributed by atoms with van der Waals surface area (Å²) >= 11 is 3.50. The van der Waals surface area contributed by atoms with Crippen molar-refractivity contribution in [3.63, 3.8) is 0 Å². The van der Waals surface area contributed by atoms with Gasteiger partial charge in [-0.2, -0.15) is 0 Å². The Labute approximate surface area is 153 Å². The van der Waals surface area contributed by atoms with Crippen LogP contribution in [0.5, 0.6) is 0 Å². The van der Waals surface area contributed by atoms with Crippen LogP contribution in [0.4, 0.5) is 0 Å². The van der Waals surface area contributed by atoms with Crippen molar-refractivity contribution in [2.75, 3.05) is 0 Å². The molecule has 1 N–H and O–H groups in total. The summed E-state index contributed by atoms with van der Waals surface area (Å²) in [7, 11) is 0. The number of rotatable bonds is 6. The van der Waals surface area contributed by atoms with Gasteiger partial charge in [-0.3, -0.25) is 9.36 Å². The van der Waals surface area contributed by atoms with E-state index in [-0.39, 0.29) is 17.7 Å². The minimum Gasteiger partial charge on any atom is -0.408 e. The highest BCUT2D eigenvalue weighted by molar-refractivity contribution is 9.10. The van der Waals surface area contributed by atoms with Crippen molar-refractivity contribution in [3.8, 4) is 0 Å². The van der Waals surface area contributed by atoms with Gasteiger partial charge in [0.25, 0.3) is 0 Å². The number of hydrogen-bond acceptors (Lipinski definition) is 3. The fourth-order valence-electron chi connectivity index (χ4n) is 2.84. The molecule has 2 aromatic carbocycles. The van der Waals surface area contributed by atoms with Gasteiger partial charge in [-0.15, -0.1) is 0 Å². The highest BCUT2D eigenvalue weighted by Crippen LogP contribution is 2.22. The van der Waals surface area contributed by atoms with Gasteiger partial charge >= 0.3 is 5.76 Å². The van der Waals surface area contributed by atoms with Crippen LogP contribution in [-0.4, -0.2) is 10.5 Å². The fourth-order valence-corrected chi connectivity index (χ4v) is 3.47. The molecule has 0 saturated heterocycles. The van der Waals surface area contributed by atoms with Gasteiger partial charge in [0, 0.05) is 17.4 Å². The Hall–Kier alpha value is -2.34. The van der Waals surface area contributed by atoms with Crippen LogP contribution < -0.4 is 11.1 Å². The molecule has 1 amide bonds. The summed E-state index contributed by atoms with van der Waals surface area (Å²) in [5.74, 6) is -0.424. The maximum absolute atomic E-state index is 12.2. The number of aromatic nitrogens is 1. The molecular formula is C19H19BrN2O3. The van der Waals surface area contributed by atoms with E-state index in [0.29, 0.717) is 25.0 Å². The van der Waals surface area contributed by atoms with E-state index in [4.69, 9.17) is 4.42 Å². The molecule has 25 heavy (non-hydrogen) atoms. The number of hydrogen-bond donors (Lipinski definition) is 1. The highest BCUT2D eigenvalue weighted by atomic mass is 79.9. The number of nitrogens with zero attached hydrogens (tertiary/aromatic N) is 1. The molecule has 0 unspecified atom stereocenters. The number of benzene rings is 2. The minimum atomic E-state index is -0.386. The summed E-state index contributed by atoms with van der Waals surface area (Å²) in [6.45, 7) is 2.40. The van der Waals surface area contributed by atoms with E-state index >= 15 is 0 Å². The minimum absolute atomic E-state index is 0.0379. The van der Waals surface area contributed by atoms with Gasteiger partial charge < -0.3 is 9.73 Å². The monoisotopic (exact) mass is 402 g/mol. The number of aryl methyl sites for hydroxylation is 1. The molecule has 1 atom stereocenters. The highest BCUT2D eigenvalue weighted by Gasteiger charge is 2.13. The second kappa shape index (κ2) is 7.70. The molecule has 3 rings (SSSR count). The predicted molar refractivity (Wildman–Crippen MR) is 100 cm³/mol. The predicted octanol–water partition coefficient (Wildman–Crippen LogP) is 4.01. The van der Waals surface area contributed by atoms with E-state index in [1.807, 2.05) is 49.4 Å². The summed E-state index contributed by atoms with van der Waals surface area (Å²) in [6.07, 6.45) is 0.915. The van der Waals surface area contributed by atoms with Crippen LogP contribution in [0.25, 0.3) is 11.1 Å². The number of oxazole rings is 1. The Morgan fingerprint density at radius 3 is 2.72 bits per heavy atom. The first kappa shape index (κ1) is 17.5. The molecule has 0 spiro atoms. The van der Waals surface area contributed by atoms with Gasteiger partial charge in [0.1, 0.15) is 0 Å². The molecule has 6 heteroatoms. The maximum atomic E-state index is 12.2. The van der Waals surface area contributed by atoms with Gasteiger partial charge in [0.05, 0.1) is 11.6 Å². The number of fused-ring (bicyclic) bond motifs is 1. The molecule has 0 aliphatic rings. The zero-order valence-electron chi connectivity index (χ0n) is 13.9. The normalized spacial score (nSPS) is 12.2. The molecule has 3 aromatic rings. The number of halogens is 1. The van der Waals surface area contributed by atoms with E-state index < -0.39 is 0 Å². The van der Waals surface area contributed by atoms with Crippen LogP contribution in [0.1, 0.15) is 31.4 Å². The largest absolute Gasteiger partial charge is 0.419 e. The van der Waals surface area contributed by atoms with Crippen molar-refractivity contribution < 1.29 is 9.21 Å². The Kier molecular flexibility index (Phi) is 5.38. The summed E-state index contributed by atoms with van der Waals surface area (Å²) in [4.78, 5) is 24.1. The SMILES string of the molecule is C[C@H](NC(=O)CCCn1c(=O)oc2ccccc21)c1ccccc1Br. The summed E-state index contributed by atoms with van der Waals surface area (Å²) in [6, 6.07) is 15.0. The molecule has 1 heterocycles. The van der Waals surface area contributed by atoms with Crippen molar-refractivity contribution in [2.45, 2.75) is 32.4 Å². The molecule has 0 aliphatic carbocycles. The zero-order chi connectivity index (χ0) is 17.8. The van der Waals surface area contributed by atoms with Crippen molar-refractivity contribution in [1.82, 2.24) is 9.88 Å². The standard InChI is InChI=1S/C19H19BrN2O3/c1-13(14-7-2-3-8-15(14)20)21-18(23)11-6-12-22-16-9-4-5-10-17(16)25-19(22)24/h2-5,7-10,13H,6,11-12H2,1H3,(H,21,23)/t13-/m0/s1. The van der Waals surface area contributed by atoms with Crippen molar-refractivity contribution >= 4 is 32.9 Å². The molecule has 0 aliphatic heterocycles. The van der Waals surface area contributed by atoms with Crippen LogP contribution in [0, 0.1) is 0 Å². The van der Waals surface area contributed by atoms with Gasteiger partial charge in [-0.05, 0) is 37.1 Å². The van der Waals surface area contributed by atoms with Crippen LogP contribution in [0.3, 0.4) is 0 Å². The van der Waals surface area contributed by atoms with Crippen molar-refractivity contribution in [2.24, 2.45) is 0 Å². The Balaban J connectivity index is 1.57. The molecule has 130 valence electrons. The van der Waals surface area contributed by atoms with Gasteiger partial charge in [0.2, 0.25) is 5.91 Å². The number of para-hydroxylation sites is 2.